The van der Waals surface area contributed by atoms with Gasteiger partial charge in [-0.25, -0.2) is 0 Å². The molecule has 0 aliphatic heterocycles. The van der Waals surface area contributed by atoms with Crippen LogP contribution < -0.4 is 0 Å². The number of ketones is 1. The number of carbonyl (C=O) groups is 1. The van der Waals surface area contributed by atoms with E-state index in [1.165, 1.54) is 0 Å². The average molecular weight is 187 g/mol. The maximum absolute atomic E-state index is 11.2. The van der Waals surface area contributed by atoms with Gasteiger partial charge in [0, 0.05) is 13.0 Å². The van der Waals surface area contributed by atoms with Crippen molar-refractivity contribution in [1.82, 2.24) is 4.90 Å². The van der Waals surface area contributed by atoms with Crippen LogP contribution in [-0.2, 0) is 4.79 Å². The van der Waals surface area contributed by atoms with Crippen molar-refractivity contribution in [2.24, 2.45) is 0 Å². The minimum absolute atomic E-state index is 0.274. The van der Waals surface area contributed by atoms with Crippen molar-refractivity contribution < 1.29 is 9.90 Å². The van der Waals surface area contributed by atoms with Gasteiger partial charge in [-0.1, -0.05) is 6.92 Å². The van der Waals surface area contributed by atoms with Crippen molar-refractivity contribution >= 4 is 5.78 Å². The summed E-state index contributed by atoms with van der Waals surface area (Å²) in [6.07, 6.45) is 2.04. The molecule has 0 aliphatic carbocycles. The van der Waals surface area contributed by atoms with Gasteiger partial charge in [0.2, 0.25) is 0 Å². The Balaban J connectivity index is 3.49. The highest BCUT2D eigenvalue weighted by molar-refractivity contribution is 5.80. The maximum Gasteiger partial charge on any atom is 0.146 e. The Labute approximate surface area is 80.7 Å². The van der Waals surface area contributed by atoms with Gasteiger partial charge < -0.3 is 5.11 Å². The van der Waals surface area contributed by atoms with Crippen LogP contribution in [0.1, 0.15) is 33.1 Å². The third-order valence-corrected chi connectivity index (χ3v) is 1.90. The van der Waals surface area contributed by atoms with E-state index in [1.54, 1.807) is 6.92 Å². The smallest absolute Gasteiger partial charge is 0.146 e. The highest BCUT2D eigenvalue weighted by atomic mass is 16.3. The summed E-state index contributed by atoms with van der Waals surface area (Å²) >= 11 is 0. The lowest BCUT2D eigenvalue weighted by atomic mass is 10.2. The molecule has 0 saturated carbocycles. The molecule has 0 aromatic carbocycles. The molecule has 13 heavy (non-hydrogen) atoms. The summed E-state index contributed by atoms with van der Waals surface area (Å²) in [5, 5.41) is 9.03. The van der Waals surface area contributed by atoms with Gasteiger partial charge in [-0.05, 0) is 26.8 Å². The molecular formula is C10H21NO2. The van der Waals surface area contributed by atoms with Crippen molar-refractivity contribution in [3.05, 3.63) is 0 Å². The summed E-state index contributed by atoms with van der Waals surface area (Å²) < 4.78 is 0. The average Bonchev–Trinajstić information content (AvgIpc) is 2.01. The second-order valence-corrected chi connectivity index (χ2v) is 3.66. The molecule has 1 atom stereocenters. The van der Waals surface area contributed by atoms with E-state index in [9.17, 15) is 4.79 Å². The molecule has 1 N–H and O–H groups in total. The molecule has 78 valence electrons. The van der Waals surface area contributed by atoms with E-state index in [1.807, 2.05) is 18.9 Å². The normalized spacial score (nSPS) is 13.3. The standard InChI is InChI=1S/C10H21NO2/c1-4-5-10(13)8-11(3)7-6-9(2)12/h9,12H,4-8H2,1-3H3. The summed E-state index contributed by atoms with van der Waals surface area (Å²) in [6, 6.07) is 0. The second-order valence-electron chi connectivity index (χ2n) is 3.66. The van der Waals surface area contributed by atoms with Crippen LogP contribution in [0.4, 0.5) is 0 Å². The molecule has 0 bridgehead atoms. The highest BCUT2D eigenvalue weighted by Crippen LogP contribution is 1.96. The molecule has 0 fully saturated rings. The van der Waals surface area contributed by atoms with Crippen LogP contribution in [-0.4, -0.2) is 42.0 Å². The first-order valence-electron chi connectivity index (χ1n) is 4.94. The Morgan fingerprint density at radius 1 is 1.54 bits per heavy atom. The number of likely N-dealkylation sites (N-methyl/N-ethyl adjacent to an activating group) is 1. The molecule has 0 heterocycles. The number of rotatable bonds is 7. The van der Waals surface area contributed by atoms with E-state index in [-0.39, 0.29) is 11.9 Å². The number of carbonyl (C=O) groups excluding carboxylic acids is 1. The maximum atomic E-state index is 11.2. The lowest BCUT2D eigenvalue weighted by molar-refractivity contribution is -0.120. The predicted molar refractivity (Wildman–Crippen MR) is 53.7 cm³/mol. The highest BCUT2D eigenvalue weighted by Gasteiger charge is 2.06. The first-order valence-corrected chi connectivity index (χ1v) is 4.94. The second kappa shape index (κ2) is 7.04. The van der Waals surface area contributed by atoms with E-state index in [0.717, 1.165) is 19.4 Å². The molecule has 3 heteroatoms. The van der Waals surface area contributed by atoms with E-state index in [4.69, 9.17) is 5.11 Å². The van der Waals surface area contributed by atoms with E-state index in [0.29, 0.717) is 13.0 Å². The van der Waals surface area contributed by atoms with Crippen molar-refractivity contribution in [2.75, 3.05) is 20.1 Å². The molecule has 0 saturated heterocycles. The summed E-state index contributed by atoms with van der Waals surface area (Å²) in [5.41, 5.74) is 0. The third kappa shape index (κ3) is 7.94. The van der Waals surface area contributed by atoms with Gasteiger partial charge in [0.1, 0.15) is 5.78 Å². The van der Waals surface area contributed by atoms with Crippen molar-refractivity contribution in [1.29, 1.82) is 0 Å². The summed E-state index contributed by atoms with van der Waals surface area (Å²) in [5.74, 6) is 0.288. The van der Waals surface area contributed by atoms with E-state index < -0.39 is 0 Å². The topological polar surface area (TPSA) is 40.5 Å². The monoisotopic (exact) mass is 187 g/mol. The minimum atomic E-state index is -0.274. The van der Waals surface area contributed by atoms with Crippen LogP contribution in [0.3, 0.4) is 0 Å². The molecule has 0 amide bonds. The van der Waals surface area contributed by atoms with E-state index >= 15 is 0 Å². The van der Waals surface area contributed by atoms with Gasteiger partial charge in [0.05, 0.1) is 12.6 Å². The largest absolute Gasteiger partial charge is 0.393 e. The molecule has 0 aliphatic rings. The molecule has 0 rings (SSSR count). The summed E-state index contributed by atoms with van der Waals surface area (Å²) in [4.78, 5) is 13.2. The predicted octanol–water partition coefficient (Wildman–Crippen LogP) is 1.06. The van der Waals surface area contributed by atoms with Gasteiger partial charge in [-0.2, -0.15) is 0 Å². The Morgan fingerprint density at radius 2 is 2.15 bits per heavy atom. The lowest BCUT2D eigenvalue weighted by Gasteiger charge is -2.16. The molecule has 0 spiro atoms. The zero-order valence-corrected chi connectivity index (χ0v) is 8.92. The zero-order valence-electron chi connectivity index (χ0n) is 8.92. The fourth-order valence-electron chi connectivity index (χ4n) is 1.15. The van der Waals surface area contributed by atoms with Crippen LogP contribution in [0.5, 0.6) is 0 Å². The van der Waals surface area contributed by atoms with Crippen LogP contribution in [0.15, 0.2) is 0 Å². The molecule has 3 nitrogen and oxygen atoms in total. The number of hydrogen-bond donors (Lipinski definition) is 1. The first kappa shape index (κ1) is 12.6. The van der Waals surface area contributed by atoms with Crippen LogP contribution in [0, 0.1) is 0 Å². The Morgan fingerprint density at radius 3 is 2.62 bits per heavy atom. The van der Waals surface area contributed by atoms with Gasteiger partial charge in [0.15, 0.2) is 0 Å². The first-order chi connectivity index (χ1) is 6.06. The molecular weight excluding hydrogens is 166 g/mol. The molecule has 0 radical (unpaired) electrons. The SMILES string of the molecule is CCCC(=O)CN(C)CCC(C)O. The van der Waals surface area contributed by atoms with Crippen molar-refractivity contribution in [3.63, 3.8) is 0 Å². The van der Waals surface area contributed by atoms with Crippen LogP contribution >= 0.6 is 0 Å². The minimum Gasteiger partial charge on any atom is -0.393 e. The fraction of sp³-hybridized carbons (Fsp3) is 0.900. The van der Waals surface area contributed by atoms with Crippen molar-refractivity contribution in [3.8, 4) is 0 Å². The van der Waals surface area contributed by atoms with Crippen LogP contribution in [0.25, 0.3) is 0 Å². The summed E-state index contributed by atoms with van der Waals surface area (Å²) in [7, 11) is 1.91. The van der Waals surface area contributed by atoms with Gasteiger partial charge in [-0.15, -0.1) is 0 Å². The number of hydrogen-bond acceptors (Lipinski definition) is 3. The Bertz CT molecular complexity index is 146. The van der Waals surface area contributed by atoms with Crippen molar-refractivity contribution in [2.45, 2.75) is 39.2 Å². The number of aliphatic hydroxyl groups is 1. The van der Waals surface area contributed by atoms with Crippen LogP contribution in [0.2, 0.25) is 0 Å². The quantitative estimate of drug-likeness (QED) is 0.648. The summed E-state index contributed by atoms with van der Waals surface area (Å²) in [6.45, 7) is 5.07. The van der Waals surface area contributed by atoms with Gasteiger partial charge in [0.25, 0.3) is 0 Å². The number of Topliss-reactive ketones (excluding diaryl/α,β-unsaturated/α-hetero) is 1. The zero-order chi connectivity index (χ0) is 10.3. The molecule has 0 aromatic rings. The lowest BCUT2D eigenvalue weighted by Crippen LogP contribution is -2.28. The third-order valence-electron chi connectivity index (χ3n) is 1.90. The molecule has 0 aromatic heterocycles. The van der Waals surface area contributed by atoms with Gasteiger partial charge >= 0.3 is 0 Å². The Kier molecular flexibility index (Phi) is 6.82. The molecule has 1 unspecified atom stereocenters. The fourth-order valence-corrected chi connectivity index (χ4v) is 1.15. The van der Waals surface area contributed by atoms with Gasteiger partial charge in [-0.3, -0.25) is 9.69 Å². The number of nitrogens with zero attached hydrogens (tertiary/aromatic N) is 1. The Hall–Kier alpha value is -0.410. The van der Waals surface area contributed by atoms with E-state index in [2.05, 4.69) is 0 Å². The number of aliphatic hydroxyl groups excluding tert-OH is 1.